The molecule has 1 rings (SSSR count). The quantitative estimate of drug-likeness (QED) is 0.697. The van der Waals surface area contributed by atoms with Crippen LogP contribution in [0.25, 0.3) is 0 Å². The minimum absolute atomic E-state index is 0.236. The molecule has 1 saturated heterocycles. The van der Waals surface area contributed by atoms with Gasteiger partial charge < -0.3 is 15.3 Å². The molecule has 0 aromatic carbocycles. The highest BCUT2D eigenvalue weighted by Gasteiger charge is 2.31. The Kier molecular flexibility index (Phi) is 3.96. The number of hydrogen-bond donors (Lipinski definition) is 2. The molecule has 0 aliphatic carbocycles. The van der Waals surface area contributed by atoms with Gasteiger partial charge in [0.25, 0.3) is 5.24 Å². The monoisotopic (exact) mass is 232 g/mol. The minimum Gasteiger partial charge on any atom is -0.480 e. The number of carboxylic acids is 1. The molecule has 0 saturated carbocycles. The van der Waals surface area contributed by atoms with Crippen molar-refractivity contribution in [2.24, 2.45) is 0 Å². The van der Waals surface area contributed by atoms with E-state index in [0.717, 1.165) is 11.8 Å². The molecule has 0 spiro atoms. The van der Waals surface area contributed by atoms with Crippen LogP contribution in [0.4, 0.5) is 4.79 Å². The van der Waals surface area contributed by atoms with Crippen molar-refractivity contribution in [1.29, 1.82) is 0 Å². The van der Waals surface area contributed by atoms with Crippen molar-refractivity contribution < 1.29 is 19.5 Å². The van der Waals surface area contributed by atoms with E-state index >= 15 is 0 Å². The van der Waals surface area contributed by atoms with Gasteiger partial charge in [0.05, 0.1) is 0 Å². The SMILES string of the molecule is CCN(CC(=O)O)C(=O)C1CSC(=O)N1. The van der Waals surface area contributed by atoms with Gasteiger partial charge in [-0.05, 0) is 6.92 Å². The van der Waals surface area contributed by atoms with Gasteiger partial charge in [-0.15, -0.1) is 0 Å². The first-order valence-electron chi connectivity index (χ1n) is 4.48. The molecule has 1 atom stereocenters. The summed E-state index contributed by atoms with van der Waals surface area (Å²) in [6, 6.07) is -0.582. The Bertz CT molecular complexity index is 294. The Morgan fingerprint density at radius 3 is 2.73 bits per heavy atom. The number of carbonyl (C=O) groups is 3. The first kappa shape index (κ1) is 11.8. The molecule has 1 heterocycles. The number of rotatable bonds is 4. The molecule has 1 unspecified atom stereocenters. The molecule has 0 aromatic heterocycles. The Labute approximate surface area is 91.0 Å². The Morgan fingerprint density at radius 1 is 1.67 bits per heavy atom. The van der Waals surface area contributed by atoms with E-state index in [1.54, 1.807) is 6.92 Å². The number of hydrogen-bond acceptors (Lipinski definition) is 4. The lowest BCUT2D eigenvalue weighted by Crippen LogP contribution is -2.47. The molecule has 0 bridgehead atoms. The molecule has 0 aromatic rings. The number of thioether (sulfide) groups is 1. The van der Waals surface area contributed by atoms with Crippen molar-refractivity contribution in [2.45, 2.75) is 13.0 Å². The van der Waals surface area contributed by atoms with Crippen LogP contribution in [0.1, 0.15) is 6.92 Å². The van der Waals surface area contributed by atoms with Crippen LogP contribution >= 0.6 is 11.8 Å². The van der Waals surface area contributed by atoms with Crippen LogP contribution in [-0.4, -0.2) is 52.0 Å². The number of carboxylic acid groups (broad SMARTS) is 1. The Hall–Kier alpha value is -1.24. The van der Waals surface area contributed by atoms with E-state index in [-0.39, 0.29) is 17.7 Å². The van der Waals surface area contributed by atoms with Gasteiger partial charge in [-0.3, -0.25) is 14.4 Å². The van der Waals surface area contributed by atoms with Crippen LogP contribution in [0.2, 0.25) is 0 Å². The van der Waals surface area contributed by atoms with Crippen LogP contribution in [0.15, 0.2) is 0 Å². The first-order chi connectivity index (χ1) is 7.04. The number of aliphatic carboxylic acids is 1. The summed E-state index contributed by atoms with van der Waals surface area (Å²) in [4.78, 5) is 34.2. The number of carbonyl (C=O) groups excluding carboxylic acids is 2. The van der Waals surface area contributed by atoms with Crippen molar-refractivity contribution in [3.8, 4) is 0 Å². The molecule has 1 aliphatic rings. The van der Waals surface area contributed by atoms with Gasteiger partial charge in [0.2, 0.25) is 5.91 Å². The smallest absolute Gasteiger partial charge is 0.323 e. The van der Waals surface area contributed by atoms with E-state index < -0.39 is 12.0 Å². The lowest BCUT2D eigenvalue weighted by Gasteiger charge is -2.21. The average Bonchev–Trinajstić information content (AvgIpc) is 2.60. The van der Waals surface area contributed by atoms with E-state index in [1.165, 1.54) is 4.90 Å². The van der Waals surface area contributed by atoms with Gasteiger partial charge in [0.1, 0.15) is 12.6 Å². The van der Waals surface area contributed by atoms with Gasteiger partial charge in [-0.25, -0.2) is 0 Å². The van der Waals surface area contributed by atoms with E-state index in [9.17, 15) is 14.4 Å². The zero-order valence-electron chi connectivity index (χ0n) is 8.23. The van der Waals surface area contributed by atoms with E-state index in [4.69, 9.17) is 5.11 Å². The van der Waals surface area contributed by atoms with Crippen molar-refractivity contribution in [3.63, 3.8) is 0 Å². The fourth-order valence-corrected chi connectivity index (χ4v) is 2.02. The first-order valence-corrected chi connectivity index (χ1v) is 5.47. The average molecular weight is 232 g/mol. The van der Waals surface area contributed by atoms with E-state index in [0.29, 0.717) is 12.3 Å². The maximum Gasteiger partial charge on any atom is 0.323 e. The highest BCUT2D eigenvalue weighted by molar-refractivity contribution is 8.14. The van der Waals surface area contributed by atoms with Crippen molar-refractivity contribution >= 4 is 28.9 Å². The van der Waals surface area contributed by atoms with Gasteiger partial charge in [0, 0.05) is 12.3 Å². The maximum absolute atomic E-state index is 11.7. The van der Waals surface area contributed by atoms with Crippen molar-refractivity contribution in [2.75, 3.05) is 18.8 Å². The summed E-state index contributed by atoms with van der Waals surface area (Å²) in [6.07, 6.45) is 0. The fourth-order valence-electron chi connectivity index (χ4n) is 1.25. The van der Waals surface area contributed by atoms with Crippen LogP contribution in [0.3, 0.4) is 0 Å². The Morgan fingerprint density at radius 2 is 2.33 bits per heavy atom. The molecular formula is C8H12N2O4S. The topological polar surface area (TPSA) is 86.7 Å². The summed E-state index contributed by atoms with van der Waals surface area (Å²) >= 11 is 1.04. The summed E-state index contributed by atoms with van der Waals surface area (Å²) in [5.74, 6) is -1.02. The second-order valence-corrected chi connectivity index (χ2v) is 4.03. The van der Waals surface area contributed by atoms with Crippen LogP contribution in [-0.2, 0) is 9.59 Å². The second-order valence-electron chi connectivity index (χ2n) is 3.04. The highest BCUT2D eigenvalue weighted by Crippen LogP contribution is 2.14. The fraction of sp³-hybridized carbons (Fsp3) is 0.625. The molecule has 7 heteroatoms. The summed E-state index contributed by atoms with van der Waals surface area (Å²) in [6.45, 7) is 1.69. The van der Waals surface area contributed by atoms with E-state index in [2.05, 4.69) is 5.32 Å². The second kappa shape index (κ2) is 5.01. The third-order valence-electron chi connectivity index (χ3n) is 1.99. The molecule has 1 aliphatic heterocycles. The largest absolute Gasteiger partial charge is 0.480 e. The summed E-state index contributed by atoms with van der Waals surface area (Å²) < 4.78 is 0. The van der Waals surface area contributed by atoms with Crippen molar-refractivity contribution in [1.82, 2.24) is 10.2 Å². The zero-order chi connectivity index (χ0) is 11.4. The van der Waals surface area contributed by atoms with Crippen molar-refractivity contribution in [3.05, 3.63) is 0 Å². The molecule has 2 N–H and O–H groups in total. The lowest BCUT2D eigenvalue weighted by atomic mass is 10.3. The molecular weight excluding hydrogens is 220 g/mol. The third kappa shape index (κ3) is 3.12. The maximum atomic E-state index is 11.7. The molecule has 2 amide bonds. The molecule has 1 fully saturated rings. The van der Waals surface area contributed by atoms with Crippen LogP contribution < -0.4 is 5.32 Å². The predicted molar refractivity (Wildman–Crippen MR) is 54.7 cm³/mol. The normalized spacial score (nSPS) is 19.8. The summed E-state index contributed by atoms with van der Waals surface area (Å²) in [5, 5.41) is 10.8. The van der Waals surface area contributed by atoms with E-state index in [1.807, 2.05) is 0 Å². The molecule has 15 heavy (non-hydrogen) atoms. The van der Waals surface area contributed by atoms with Crippen LogP contribution in [0, 0.1) is 0 Å². The van der Waals surface area contributed by atoms with Gasteiger partial charge >= 0.3 is 5.97 Å². The Balaban J connectivity index is 2.56. The lowest BCUT2D eigenvalue weighted by molar-refractivity contribution is -0.144. The van der Waals surface area contributed by atoms with Gasteiger partial charge in [-0.1, -0.05) is 11.8 Å². The van der Waals surface area contributed by atoms with Gasteiger partial charge in [-0.2, -0.15) is 0 Å². The molecule has 84 valence electrons. The van der Waals surface area contributed by atoms with Gasteiger partial charge in [0.15, 0.2) is 0 Å². The highest BCUT2D eigenvalue weighted by atomic mass is 32.2. The number of amides is 2. The minimum atomic E-state index is -1.05. The third-order valence-corrected chi connectivity index (χ3v) is 2.87. The predicted octanol–water partition coefficient (Wildman–Crippen LogP) is -0.256. The number of likely N-dealkylation sites (N-methyl/N-ethyl adjacent to an activating group) is 1. The number of nitrogens with zero attached hydrogens (tertiary/aromatic N) is 1. The molecule has 0 radical (unpaired) electrons. The summed E-state index contributed by atoms with van der Waals surface area (Å²) in [5.41, 5.74) is 0. The van der Waals surface area contributed by atoms with Crippen LogP contribution in [0.5, 0.6) is 0 Å². The standard InChI is InChI=1S/C8H12N2O4S/c1-2-10(3-6(11)12)7(13)5-4-15-8(14)9-5/h5H,2-4H2,1H3,(H,9,14)(H,11,12). The zero-order valence-corrected chi connectivity index (χ0v) is 9.04. The molecule has 6 nitrogen and oxygen atoms in total. The number of nitrogens with one attached hydrogen (secondary N) is 1. The summed E-state index contributed by atoms with van der Waals surface area (Å²) in [7, 11) is 0.